The Kier molecular flexibility index (Phi) is 6.70. The summed E-state index contributed by atoms with van der Waals surface area (Å²) in [5.74, 6) is 2.30. The Bertz CT molecular complexity index is 1280. The Balaban J connectivity index is 1.32. The number of hydrogen-bond donors (Lipinski definition) is 1. The van der Waals surface area contributed by atoms with Crippen molar-refractivity contribution in [3.05, 3.63) is 55.0 Å². The van der Waals surface area contributed by atoms with E-state index in [1.807, 2.05) is 59.6 Å². The molecule has 2 fully saturated rings. The quantitative estimate of drug-likeness (QED) is 0.423. The van der Waals surface area contributed by atoms with Crippen molar-refractivity contribution < 1.29 is 9.47 Å². The van der Waals surface area contributed by atoms with Crippen molar-refractivity contribution in [1.82, 2.24) is 29.4 Å². The molecule has 1 N–H and O–H groups in total. The van der Waals surface area contributed by atoms with E-state index in [4.69, 9.17) is 24.4 Å². The zero-order valence-corrected chi connectivity index (χ0v) is 20.2. The molecule has 4 aromatic rings. The molecular weight excluding hydrogens is 456 g/mol. The third kappa shape index (κ3) is 4.88. The molecule has 0 saturated carbocycles. The Morgan fingerprint density at radius 2 is 1.61 bits per heavy atom. The van der Waals surface area contributed by atoms with Crippen molar-refractivity contribution in [3.63, 3.8) is 0 Å². The van der Waals surface area contributed by atoms with E-state index in [1.54, 1.807) is 0 Å². The Labute approximate surface area is 209 Å². The first-order chi connectivity index (χ1) is 17.8. The highest BCUT2D eigenvalue weighted by Gasteiger charge is 2.18. The van der Waals surface area contributed by atoms with Crippen molar-refractivity contribution in [2.45, 2.75) is 0 Å². The number of hydrogen-bond acceptors (Lipinski definition) is 9. The summed E-state index contributed by atoms with van der Waals surface area (Å²) in [6.07, 6.45) is 3.66. The lowest BCUT2D eigenvalue weighted by molar-refractivity contribution is 0.0398. The summed E-state index contributed by atoms with van der Waals surface area (Å²) >= 11 is 0. The summed E-state index contributed by atoms with van der Waals surface area (Å²) in [7, 11) is 0. The number of nitrogens with zero attached hydrogens (tertiary/aromatic N) is 7. The highest BCUT2D eigenvalue weighted by molar-refractivity contribution is 5.86. The van der Waals surface area contributed by atoms with Gasteiger partial charge in [-0.25, -0.2) is 19.9 Å². The molecule has 0 spiro atoms. The summed E-state index contributed by atoms with van der Waals surface area (Å²) in [5.41, 5.74) is 3.38. The van der Waals surface area contributed by atoms with Crippen LogP contribution in [0.5, 0.6) is 0 Å². The number of aromatic nitrogens is 5. The van der Waals surface area contributed by atoms with Gasteiger partial charge in [-0.1, -0.05) is 18.2 Å². The highest BCUT2D eigenvalue weighted by Crippen LogP contribution is 2.26. The maximum atomic E-state index is 5.47. The smallest absolute Gasteiger partial charge is 0.170 e. The van der Waals surface area contributed by atoms with Crippen LogP contribution in [-0.4, -0.2) is 95.1 Å². The monoisotopic (exact) mass is 486 g/mol. The molecule has 3 aromatic heterocycles. The lowest BCUT2D eigenvalue weighted by Crippen LogP contribution is -2.39. The molecule has 0 radical (unpaired) electrons. The molecule has 2 saturated heterocycles. The molecule has 10 heteroatoms. The van der Waals surface area contributed by atoms with Gasteiger partial charge in [0, 0.05) is 56.7 Å². The maximum Gasteiger partial charge on any atom is 0.170 e. The van der Waals surface area contributed by atoms with Crippen molar-refractivity contribution >= 4 is 22.8 Å². The van der Waals surface area contributed by atoms with E-state index < -0.39 is 0 Å². The average Bonchev–Trinajstić information content (AvgIpc) is 3.39. The summed E-state index contributed by atoms with van der Waals surface area (Å²) in [6.45, 7) is 8.32. The van der Waals surface area contributed by atoms with Crippen LogP contribution >= 0.6 is 0 Å². The standard InChI is InChI=1S/C26H30N8O2/c1-2-4-21(5-3-1)34-19-29-23-25(27-8-9-32-10-14-35-15-11-32)30-24(31-26(23)34)20-6-7-22(28-18-20)33-12-16-36-17-13-33/h1-7,18-19H,8-17H2,(H,27,30,31). The molecular formula is C26H30N8O2. The van der Waals surface area contributed by atoms with Crippen LogP contribution in [0.2, 0.25) is 0 Å². The normalized spacial score (nSPS) is 16.9. The van der Waals surface area contributed by atoms with Crippen LogP contribution in [0.15, 0.2) is 55.0 Å². The van der Waals surface area contributed by atoms with E-state index in [2.05, 4.69) is 20.1 Å². The molecule has 0 aliphatic carbocycles. The van der Waals surface area contributed by atoms with Crippen LogP contribution in [0.4, 0.5) is 11.6 Å². The van der Waals surface area contributed by atoms with Gasteiger partial charge in [0.15, 0.2) is 22.8 Å². The van der Waals surface area contributed by atoms with E-state index >= 15 is 0 Å². The number of benzene rings is 1. The molecule has 10 nitrogen and oxygen atoms in total. The van der Waals surface area contributed by atoms with Gasteiger partial charge >= 0.3 is 0 Å². The van der Waals surface area contributed by atoms with Crippen molar-refractivity contribution in [1.29, 1.82) is 0 Å². The Hall–Kier alpha value is -3.60. The first kappa shape index (κ1) is 22.8. The largest absolute Gasteiger partial charge is 0.379 e. The van der Waals surface area contributed by atoms with E-state index in [-0.39, 0.29) is 0 Å². The second-order valence-corrected chi connectivity index (χ2v) is 8.90. The first-order valence-electron chi connectivity index (χ1n) is 12.5. The van der Waals surface area contributed by atoms with Crippen molar-refractivity contribution in [2.75, 3.05) is 75.9 Å². The zero-order chi connectivity index (χ0) is 24.2. The zero-order valence-electron chi connectivity index (χ0n) is 20.2. The second-order valence-electron chi connectivity index (χ2n) is 8.90. The number of ether oxygens (including phenoxy) is 2. The van der Waals surface area contributed by atoms with Gasteiger partial charge in [-0.05, 0) is 24.3 Å². The van der Waals surface area contributed by atoms with Gasteiger partial charge in [-0.2, -0.15) is 0 Å². The molecule has 186 valence electrons. The Morgan fingerprint density at radius 1 is 0.833 bits per heavy atom. The minimum atomic E-state index is 0.620. The number of morpholine rings is 2. The molecule has 36 heavy (non-hydrogen) atoms. The third-order valence-electron chi connectivity index (χ3n) is 6.60. The second kappa shape index (κ2) is 10.6. The van der Waals surface area contributed by atoms with Gasteiger partial charge in [0.1, 0.15) is 12.1 Å². The van der Waals surface area contributed by atoms with Crippen molar-refractivity contribution in [2.24, 2.45) is 0 Å². The number of pyridine rings is 1. The maximum absolute atomic E-state index is 5.47. The van der Waals surface area contributed by atoms with Crippen molar-refractivity contribution in [3.8, 4) is 17.1 Å². The van der Waals surface area contributed by atoms with Crippen LogP contribution in [0, 0.1) is 0 Å². The molecule has 1 aromatic carbocycles. The number of fused-ring (bicyclic) bond motifs is 1. The summed E-state index contributed by atoms with van der Waals surface area (Å²) in [4.78, 5) is 23.8. The van der Waals surface area contributed by atoms with Crippen LogP contribution in [0.1, 0.15) is 0 Å². The fraction of sp³-hybridized carbons (Fsp3) is 0.385. The minimum absolute atomic E-state index is 0.620. The van der Waals surface area contributed by atoms with E-state index in [1.165, 1.54) is 0 Å². The predicted molar refractivity (Wildman–Crippen MR) is 139 cm³/mol. The van der Waals surface area contributed by atoms with Crippen LogP contribution in [0.3, 0.4) is 0 Å². The van der Waals surface area contributed by atoms with Gasteiger partial charge < -0.3 is 19.7 Å². The lowest BCUT2D eigenvalue weighted by Gasteiger charge is -2.27. The third-order valence-corrected chi connectivity index (χ3v) is 6.60. The van der Waals surface area contributed by atoms with Gasteiger partial charge in [0.05, 0.1) is 26.4 Å². The summed E-state index contributed by atoms with van der Waals surface area (Å²) in [6, 6.07) is 14.2. The van der Waals surface area contributed by atoms with E-state index in [0.29, 0.717) is 5.82 Å². The fourth-order valence-corrected chi connectivity index (χ4v) is 4.58. The minimum Gasteiger partial charge on any atom is -0.379 e. The first-order valence-corrected chi connectivity index (χ1v) is 12.5. The number of para-hydroxylation sites is 1. The van der Waals surface area contributed by atoms with E-state index in [9.17, 15) is 0 Å². The fourth-order valence-electron chi connectivity index (χ4n) is 4.58. The molecule has 5 heterocycles. The molecule has 2 aliphatic rings. The number of rotatable bonds is 7. The Morgan fingerprint density at radius 3 is 2.36 bits per heavy atom. The number of nitrogens with one attached hydrogen (secondary N) is 1. The highest BCUT2D eigenvalue weighted by atomic mass is 16.5. The average molecular weight is 487 g/mol. The summed E-state index contributed by atoms with van der Waals surface area (Å²) in [5, 5.41) is 3.52. The lowest BCUT2D eigenvalue weighted by atomic mass is 10.2. The molecule has 0 bridgehead atoms. The molecule has 2 aliphatic heterocycles. The molecule has 0 atom stereocenters. The molecule has 0 amide bonds. The van der Waals surface area contributed by atoms with Gasteiger partial charge in [-0.3, -0.25) is 9.47 Å². The predicted octanol–water partition coefficient (Wildman–Crippen LogP) is 2.46. The molecule has 6 rings (SSSR count). The van der Waals surface area contributed by atoms with Gasteiger partial charge in [0.25, 0.3) is 0 Å². The topological polar surface area (TPSA) is 93.5 Å². The number of anilines is 2. The van der Waals surface area contributed by atoms with Gasteiger partial charge in [-0.15, -0.1) is 0 Å². The SMILES string of the molecule is c1ccc(-n2cnc3c(NCCN4CCOCC4)nc(-c4ccc(N5CCOCC5)nc4)nc32)cc1. The molecule has 0 unspecified atom stereocenters. The van der Waals surface area contributed by atoms with E-state index in [0.717, 1.165) is 99.7 Å². The summed E-state index contributed by atoms with van der Waals surface area (Å²) < 4.78 is 12.9. The number of imidazole rings is 1. The van der Waals surface area contributed by atoms with Crippen LogP contribution in [-0.2, 0) is 9.47 Å². The van der Waals surface area contributed by atoms with Crippen LogP contribution in [0.25, 0.3) is 28.2 Å². The van der Waals surface area contributed by atoms with Crippen LogP contribution < -0.4 is 10.2 Å². The van der Waals surface area contributed by atoms with Gasteiger partial charge in [0.2, 0.25) is 0 Å².